The van der Waals surface area contributed by atoms with E-state index >= 15 is 0 Å². The number of rotatable bonds is 23. The Morgan fingerprint density at radius 3 is 0.879 bits per heavy atom. The summed E-state index contributed by atoms with van der Waals surface area (Å²) in [7, 11) is 3.43. The number of H-pyrrole nitrogens is 2. The number of likely N-dealkylation sites (tertiary alicyclic amines) is 2. The van der Waals surface area contributed by atoms with Crippen molar-refractivity contribution in [3.63, 3.8) is 0 Å². The molecule has 0 saturated carbocycles. The first-order chi connectivity index (χ1) is 60.6. The number of methoxy groups -OCH3 is 2. The summed E-state index contributed by atoms with van der Waals surface area (Å²) in [6, 6.07) is 20.8. The Kier molecular flexibility index (Phi) is 44.6. The Morgan fingerprint density at radius 1 is 0.402 bits per heavy atom. The van der Waals surface area contributed by atoms with E-state index < -0.39 is 97.2 Å². The topological polar surface area (TPSA) is 554 Å². The molecule has 2 aliphatic heterocycles. The van der Waals surface area contributed by atoms with Crippen LogP contribution >= 0.6 is 0 Å². The highest BCUT2D eigenvalue weighted by Gasteiger charge is 2.36. The van der Waals surface area contributed by atoms with Crippen LogP contribution in [0.15, 0.2) is 85.5 Å². The predicted molar refractivity (Wildman–Crippen MR) is 387 cm³/mol. The third-order valence-corrected chi connectivity index (χ3v) is 18.8. The number of hydrogen-bond donors (Lipinski definition) is 8. The molecular weight excluding hydrogens is 1860 g/mol. The van der Waals surface area contributed by atoms with Crippen LogP contribution in [0.4, 0.5) is 105 Å². The van der Waals surface area contributed by atoms with Crippen LogP contribution in [0.1, 0.15) is 75.3 Å². The van der Waals surface area contributed by atoms with Gasteiger partial charge in [0.05, 0.1) is 62.2 Å². The molecule has 132 heavy (non-hydrogen) atoms. The van der Waals surface area contributed by atoms with Gasteiger partial charge >= 0.3 is 49.4 Å². The number of hydrogen-bond acceptors (Lipinski definition) is 22. The third kappa shape index (κ3) is 39.4. The first kappa shape index (κ1) is 116. The number of carboxylic acids is 8. The number of amides is 2. The summed E-state index contributed by atoms with van der Waals surface area (Å²) in [5.74, 6) is -20.8. The van der Waals surface area contributed by atoms with Gasteiger partial charge in [0, 0.05) is 70.6 Å². The molecule has 4 aromatic heterocycles. The number of unbranched alkanes of at least 4 members (excludes halogenated alkanes) is 2. The lowest BCUT2D eigenvalue weighted by Gasteiger charge is -2.39. The highest BCUT2D eigenvalue weighted by atomic mass is 19.4. The number of carboxylic acid groups (broad SMARTS) is 8. The number of nitrogens with zero attached hydrogens (tertiary/aromatic N) is 4. The van der Waals surface area contributed by atoms with Crippen molar-refractivity contribution in [2.75, 3.05) is 66.6 Å². The number of quaternary nitrogens is 4. The Balaban J connectivity index is 0.000000843. The van der Waals surface area contributed by atoms with Crippen molar-refractivity contribution in [3.05, 3.63) is 96.6 Å². The molecule has 2 saturated heterocycles. The number of aliphatic carboxylic acids is 8. The average Bonchev–Trinajstić information content (AvgIpc) is 1.59. The van der Waals surface area contributed by atoms with Gasteiger partial charge in [0.1, 0.15) is 59.3 Å². The Bertz CT molecular complexity index is 4670. The maximum atomic E-state index is 13.1. The molecule has 0 aliphatic carbocycles. The lowest BCUT2D eigenvalue weighted by atomic mass is 9.79. The van der Waals surface area contributed by atoms with Crippen molar-refractivity contribution in [1.82, 2.24) is 30.4 Å². The summed E-state index contributed by atoms with van der Waals surface area (Å²) in [6.45, 7) is 11.2. The van der Waals surface area contributed by atoms with E-state index in [1.54, 1.807) is 14.2 Å². The van der Waals surface area contributed by atoms with Crippen molar-refractivity contribution in [1.29, 1.82) is 0 Å². The van der Waals surface area contributed by atoms with E-state index in [0.29, 0.717) is 13.1 Å². The van der Waals surface area contributed by atoms with E-state index in [1.807, 2.05) is 12.1 Å². The van der Waals surface area contributed by atoms with E-state index in [9.17, 15) is 115 Å². The molecule has 2 aliphatic rings. The SMILES string of the molecule is COc1ccc2[nH]c3c(CNC(=O)C([NH3+])CCCC[NH3+])cc4cc[n+](CCN5CCC(C6CCN(CC[n+]7ccc8cc(CNC(=O)C([NH3+])CCCC[NH3+])c9[nH]c%10ccc(OC)cc%10c9c8c7)CC6)CC5)cc4c3c2c1.O=C([O-])C(F)(F)F.O=C([O-])C(F)(F)F.O=C([O-])C(F)(F)F.O=C([O-])C(F)(F)F.O=C([O-])C(F)(F)F.O=C([O-])C(F)(F)F.O=C([O-])C(F)(F)F.O=C([O-])C(F)(F)F. The van der Waals surface area contributed by atoms with Gasteiger partial charge < -0.3 is 132 Å². The molecule has 56 heteroatoms. The second-order valence-electron chi connectivity index (χ2n) is 28.2. The Hall–Kier alpha value is -12.3. The highest BCUT2D eigenvalue weighted by molar-refractivity contribution is 6.22. The number of aromatic amines is 2. The van der Waals surface area contributed by atoms with Crippen LogP contribution in [0.5, 0.6) is 11.5 Å². The minimum absolute atomic E-state index is 0.00818. The highest BCUT2D eigenvalue weighted by Crippen LogP contribution is 2.39. The largest absolute Gasteiger partial charge is 0.542 e. The fourth-order valence-corrected chi connectivity index (χ4v) is 12.3. The normalized spacial score (nSPS) is 14.1. The van der Waals surface area contributed by atoms with Crippen LogP contribution < -0.4 is 93.0 Å². The zero-order valence-electron chi connectivity index (χ0n) is 68.8. The summed E-state index contributed by atoms with van der Waals surface area (Å²) in [4.78, 5) is 109. The zero-order chi connectivity index (χ0) is 101. The fraction of sp³-hybridized carbons (Fsp3) is 0.474. The molecule has 2 fully saturated rings. The molecule has 4 aromatic carbocycles. The minimum atomic E-state index is -5.19. The second-order valence-corrected chi connectivity index (χ2v) is 28.2. The second kappa shape index (κ2) is 50.9. The van der Waals surface area contributed by atoms with Gasteiger partial charge in [-0.25, -0.2) is 9.13 Å². The number of piperidine rings is 2. The molecule has 16 N–H and O–H groups in total. The maximum Gasteiger partial charge on any atom is 0.430 e. The number of fused-ring (bicyclic) bond motifs is 10. The number of benzene rings is 4. The van der Waals surface area contributed by atoms with Crippen molar-refractivity contribution in [2.24, 2.45) is 11.8 Å². The van der Waals surface area contributed by atoms with Crippen LogP contribution in [-0.4, -0.2) is 207 Å². The van der Waals surface area contributed by atoms with E-state index in [1.165, 1.54) is 36.5 Å². The molecule has 0 bridgehead atoms. The molecule has 2 amide bonds. The molecule has 0 spiro atoms. The van der Waals surface area contributed by atoms with Crippen molar-refractivity contribution >= 4 is 125 Å². The molecule has 32 nitrogen and oxygen atoms in total. The number of alkyl halides is 24. The first-order valence-corrected chi connectivity index (χ1v) is 38.0. The summed E-state index contributed by atoms with van der Waals surface area (Å²) in [5.41, 5.74) is 22.5. The first-order valence-electron chi connectivity index (χ1n) is 38.0. The maximum absolute atomic E-state index is 13.1. The molecule has 10 rings (SSSR count). The number of carbonyl (C=O) groups is 10. The van der Waals surface area contributed by atoms with Crippen LogP contribution in [0, 0.1) is 11.8 Å². The minimum Gasteiger partial charge on any atom is -0.542 e. The van der Waals surface area contributed by atoms with E-state index in [4.69, 9.17) is 88.7 Å². The van der Waals surface area contributed by atoms with Crippen LogP contribution in [0.3, 0.4) is 0 Å². The number of nitrogens with one attached hydrogen (secondary N) is 4. The van der Waals surface area contributed by atoms with Gasteiger partial charge in [0.15, 0.2) is 50.0 Å². The average molecular weight is 1940 g/mol. The lowest BCUT2D eigenvalue weighted by Crippen LogP contribution is -2.67. The fourth-order valence-electron chi connectivity index (χ4n) is 12.3. The monoisotopic (exact) mass is 1940 g/mol. The van der Waals surface area contributed by atoms with Gasteiger partial charge in [0.2, 0.25) is 0 Å². The van der Waals surface area contributed by atoms with Crippen molar-refractivity contribution < 1.29 is 236 Å². The van der Waals surface area contributed by atoms with Crippen LogP contribution in [-0.2, 0) is 74.1 Å². The summed E-state index contributed by atoms with van der Waals surface area (Å²) >= 11 is 0. The zero-order valence-corrected chi connectivity index (χ0v) is 68.8. The summed E-state index contributed by atoms with van der Waals surface area (Å²) in [5, 5.41) is 85.9. The molecule has 0 radical (unpaired) electrons. The Morgan fingerprint density at radius 2 is 0.652 bits per heavy atom. The summed E-state index contributed by atoms with van der Waals surface area (Å²) < 4.78 is 268. The van der Waals surface area contributed by atoms with E-state index in [0.717, 1.165) is 193 Å². The van der Waals surface area contributed by atoms with Gasteiger partial charge in [-0.05, 0) is 160 Å². The predicted octanol–water partition coefficient (Wildman–Crippen LogP) is -2.36. The molecule has 2 unspecified atom stereocenters. The lowest BCUT2D eigenvalue weighted by molar-refractivity contribution is -0.695. The molecule has 2 atom stereocenters. The third-order valence-electron chi connectivity index (χ3n) is 18.8. The Labute approximate surface area is 727 Å². The number of ether oxygens (including phenoxy) is 2. The van der Waals surface area contributed by atoms with Gasteiger partial charge in [-0.2, -0.15) is 105 Å². The van der Waals surface area contributed by atoms with Gasteiger partial charge in [-0.3, -0.25) is 19.4 Å². The number of aromatic nitrogens is 4. The van der Waals surface area contributed by atoms with Gasteiger partial charge in [-0.15, -0.1) is 0 Å². The summed E-state index contributed by atoms with van der Waals surface area (Å²) in [6.07, 6.45) is -21.9. The smallest absolute Gasteiger partial charge is 0.430 e. The number of pyridine rings is 2. The standard InChI is InChI=1S/C60H78N12O4.8C2HF3O2/c1-75-45-9-11-53-47(33-45)55-49-37-71(25-17-41(49)31-43(57(55)67-53)35-65-59(73)51(63)7-3-5-19-61)29-27-69-21-13-39(14-22-69)40-15-23-70(24-16-40)28-30-72-26-18-42-32-44(36-66-60(74)52(64)8-4-6-20-62)58-56(50(42)38-72)48-34-46(76-2)10-12-54(48)68-58;8*3-2(4,5)1(6)7/h9-12,17-18,25-26,31-34,37-40,51-52H,3-8,13-16,19-24,27-30,35-36,61-64H2,1-2H3,(H2,65,66,73,74);8*(H,6,7)/p-2. The van der Waals surface area contributed by atoms with Crippen molar-refractivity contribution in [3.8, 4) is 11.5 Å². The number of carbonyl (C=O) groups excluding carboxylic acids is 10. The molecule has 6 heterocycles. The molecule has 738 valence electrons. The van der Waals surface area contributed by atoms with Crippen LogP contribution in [0.25, 0.3) is 65.2 Å². The molecule has 8 aromatic rings. The van der Waals surface area contributed by atoms with Gasteiger partial charge in [-0.1, -0.05) is 0 Å². The van der Waals surface area contributed by atoms with E-state index in [2.05, 4.69) is 136 Å². The quantitative estimate of drug-likeness (QED) is 0.0189. The van der Waals surface area contributed by atoms with Crippen molar-refractivity contribution in [2.45, 2.75) is 152 Å². The number of halogens is 24. The van der Waals surface area contributed by atoms with Gasteiger partial charge in [0.25, 0.3) is 11.8 Å². The van der Waals surface area contributed by atoms with E-state index in [-0.39, 0.29) is 23.9 Å². The molecular formula is C76H84F24N12O20-2. The van der Waals surface area contributed by atoms with Crippen LogP contribution in [0.2, 0.25) is 0 Å².